The number of pyridine rings is 1. The minimum absolute atomic E-state index is 0.00918. The van der Waals surface area contributed by atoms with Crippen LogP contribution in [0.15, 0.2) is 36.8 Å². The van der Waals surface area contributed by atoms with Crippen LogP contribution in [0.5, 0.6) is 0 Å². The summed E-state index contributed by atoms with van der Waals surface area (Å²) >= 11 is 11.9. The van der Waals surface area contributed by atoms with Gasteiger partial charge < -0.3 is 25.0 Å². The number of aryl methyl sites for hydroxylation is 1. The molecule has 0 radical (unpaired) electrons. The Labute approximate surface area is 247 Å². The van der Waals surface area contributed by atoms with Crippen LogP contribution in [0.1, 0.15) is 34.3 Å². The van der Waals surface area contributed by atoms with Crippen LogP contribution in [0.4, 0.5) is 8.78 Å². The zero-order valence-electron chi connectivity index (χ0n) is 22.4. The number of aliphatic hydroxyl groups is 3. The Morgan fingerprint density at radius 1 is 1.14 bits per heavy atom. The van der Waals surface area contributed by atoms with Crippen molar-refractivity contribution in [3.05, 3.63) is 75.8 Å². The molecule has 0 aliphatic carbocycles. The third-order valence-electron chi connectivity index (χ3n) is 6.81. The summed E-state index contributed by atoms with van der Waals surface area (Å²) in [5.41, 5.74) is 0.140. The number of hydrogen-bond acceptors (Lipinski definition) is 9. The predicted octanol–water partition coefficient (Wildman–Crippen LogP) is 2.52. The van der Waals surface area contributed by atoms with Crippen molar-refractivity contribution in [3.8, 4) is 16.8 Å². The normalized spacial score (nSPS) is 22.4. The third-order valence-corrected chi connectivity index (χ3v) is 7.31. The topological polar surface area (TPSA) is 152 Å². The van der Waals surface area contributed by atoms with Crippen LogP contribution in [0.2, 0.25) is 10.0 Å². The molecule has 16 heteroatoms. The molecule has 1 amide bonds. The predicted molar refractivity (Wildman–Crippen MR) is 145 cm³/mol. The highest BCUT2D eigenvalue weighted by molar-refractivity contribution is 6.31. The van der Waals surface area contributed by atoms with Crippen molar-refractivity contribution >= 4 is 29.1 Å². The van der Waals surface area contributed by atoms with E-state index in [1.54, 1.807) is 21.0 Å². The summed E-state index contributed by atoms with van der Waals surface area (Å²) in [6, 6.07) is 2.67. The number of halogens is 4. The summed E-state index contributed by atoms with van der Waals surface area (Å²) in [4.78, 5) is 22.8. The molecule has 1 saturated heterocycles. The maximum atomic E-state index is 14.6. The molecule has 0 spiro atoms. The first kappa shape index (κ1) is 29.9. The number of benzene rings is 1. The number of rotatable bonds is 6. The standard InChI is InChI=1S/C26H25Cl2F2N7O5/c1-11-33-25(37(34-11)16-6-13(27)8-31-20(16)26(41)35(2)3)24-23(40)21(22(39)17(10-38)42-24)36-9-12(7-32-36)14-4-5-15(28)19(30)18(14)29/h4-9,17,21-24,38-40H,10H2,1-3H3/t17-,21+,22+,23-,24-/m1/s1. The van der Waals surface area contributed by atoms with E-state index in [1.807, 2.05) is 0 Å². The number of amides is 1. The van der Waals surface area contributed by atoms with Gasteiger partial charge in [-0.05, 0) is 25.1 Å². The first-order valence-electron chi connectivity index (χ1n) is 12.5. The number of nitrogens with zero attached hydrogens (tertiary/aromatic N) is 7. The Hall–Kier alpha value is -3.53. The second-order valence-electron chi connectivity index (χ2n) is 9.83. The van der Waals surface area contributed by atoms with Crippen molar-refractivity contribution in [2.45, 2.75) is 37.4 Å². The van der Waals surface area contributed by atoms with Gasteiger partial charge in [-0.25, -0.2) is 23.4 Å². The van der Waals surface area contributed by atoms with Crippen LogP contribution in [0.3, 0.4) is 0 Å². The minimum Gasteiger partial charge on any atom is -0.394 e. The van der Waals surface area contributed by atoms with E-state index in [4.69, 9.17) is 27.9 Å². The average molecular weight is 624 g/mol. The Kier molecular flexibility index (Phi) is 8.29. The third kappa shape index (κ3) is 5.25. The molecule has 4 heterocycles. The molecule has 0 bridgehead atoms. The van der Waals surface area contributed by atoms with Crippen molar-refractivity contribution in [2.75, 3.05) is 20.7 Å². The molecule has 5 rings (SSSR count). The van der Waals surface area contributed by atoms with E-state index in [0.717, 1.165) is 0 Å². The molecule has 1 aliphatic rings. The summed E-state index contributed by atoms with van der Waals surface area (Å²) in [5, 5.41) is 41.0. The van der Waals surface area contributed by atoms with Gasteiger partial charge in [0.1, 0.15) is 36.3 Å². The van der Waals surface area contributed by atoms with Crippen molar-refractivity contribution in [1.29, 1.82) is 0 Å². The molecule has 1 aliphatic heterocycles. The fraction of sp³-hybridized carbons (Fsp3) is 0.346. The van der Waals surface area contributed by atoms with Crippen molar-refractivity contribution in [3.63, 3.8) is 0 Å². The molecule has 42 heavy (non-hydrogen) atoms. The summed E-state index contributed by atoms with van der Waals surface area (Å²) < 4.78 is 37.1. The molecule has 0 saturated carbocycles. The summed E-state index contributed by atoms with van der Waals surface area (Å²) in [6.45, 7) is 0.929. The molecule has 5 atom stereocenters. The van der Waals surface area contributed by atoms with Crippen molar-refractivity contribution < 1.29 is 33.6 Å². The maximum absolute atomic E-state index is 14.6. The Balaban J connectivity index is 1.58. The number of hydrogen-bond donors (Lipinski definition) is 3. The highest BCUT2D eigenvalue weighted by Gasteiger charge is 2.48. The van der Waals surface area contributed by atoms with Gasteiger partial charge in [-0.1, -0.05) is 23.2 Å². The summed E-state index contributed by atoms with van der Waals surface area (Å²) in [5.74, 6) is -2.62. The summed E-state index contributed by atoms with van der Waals surface area (Å²) in [6.07, 6.45) is -1.77. The monoisotopic (exact) mass is 623 g/mol. The maximum Gasteiger partial charge on any atom is 0.274 e. The number of carbonyl (C=O) groups excluding carboxylic acids is 1. The molecule has 1 fully saturated rings. The highest BCUT2D eigenvalue weighted by atomic mass is 35.5. The molecular formula is C26H25Cl2F2N7O5. The molecule has 3 N–H and O–H groups in total. The van der Waals surface area contributed by atoms with Gasteiger partial charge in [-0.3, -0.25) is 9.48 Å². The lowest BCUT2D eigenvalue weighted by atomic mass is 9.92. The van der Waals surface area contributed by atoms with E-state index in [-0.39, 0.29) is 39.2 Å². The van der Waals surface area contributed by atoms with E-state index in [9.17, 15) is 28.9 Å². The summed E-state index contributed by atoms with van der Waals surface area (Å²) in [7, 11) is 3.09. The molecular weight excluding hydrogens is 599 g/mol. The minimum atomic E-state index is -1.56. The molecule has 1 aromatic carbocycles. The van der Waals surface area contributed by atoms with Crippen LogP contribution >= 0.6 is 23.2 Å². The zero-order chi connectivity index (χ0) is 30.5. The van der Waals surface area contributed by atoms with Crippen molar-refractivity contribution in [1.82, 2.24) is 34.4 Å². The fourth-order valence-corrected chi connectivity index (χ4v) is 5.07. The first-order valence-corrected chi connectivity index (χ1v) is 13.3. The van der Waals surface area contributed by atoms with E-state index in [0.29, 0.717) is 0 Å². The van der Waals surface area contributed by atoms with Gasteiger partial charge in [0, 0.05) is 37.6 Å². The van der Waals surface area contributed by atoms with Gasteiger partial charge in [0.2, 0.25) is 0 Å². The van der Waals surface area contributed by atoms with Crippen LogP contribution in [0.25, 0.3) is 16.8 Å². The highest BCUT2D eigenvalue weighted by Crippen LogP contribution is 2.39. The van der Waals surface area contributed by atoms with E-state index >= 15 is 0 Å². The molecule has 3 aromatic heterocycles. The first-order chi connectivity index (χ1) is 19.9. The Bertz CT molecular complexity index is 1650. The number of ether oxygens (including phenoxy) is 1. The Morgan fingerprint density at radius 2 is 1.88 bits per heavy atom. The number of carbonyl (C=O) groups is 1. The largest absolute Gasteiger partial charge is 0.394 e. The van der Waals surface area contributed by atoms with Crippen LogP contribution in [0, 0.1) is 18.6 Å². The second kappa shape index (κ2) is 11.6. The fourth-order valence-electron chi connectivity index (χ4n) is 4.78. The van der Waals surface area contributed by atoms with Gasteiger partial charge in [-0.15, -0.1) is 0 Å². The van der Waals surface area contributed by atoms with Crippen LogP contribution < -0.4 is 0 Å². The van der Waals surface area contributed by atoms with Gasteiger partial charge >= 0.3 is 0 Å². The van der Waals surface area contributed by atoms with Gasteiger partial charge in [0.25, 0.3) is 5.91 Å². The van der Waals surface area contributed by atoms with E-state index < -0.39 is 59.6 Å². The van der Waals surface area contributed by atoms with E-state index in [1.165, 1.54) is 51.1 Å². The smallest absolute Gasteiger partial charge is 0.274 e. The van der Waals surface area contributed by atoms with Crippen LogP contribution in [-0.2, 0) is 4.74 Å². The van der Waals surface area contributed by atoms with Crippen molar-refractivity contribution in [2.24, 2.45) is 0 Å². The second-order valence-corrected chi connectivity index (χ2v) is 10.7. The van der Waals surface area contributed by atoms with Gasteiger partial charge in [0.05, 0.1) is 28.5 Å². The van der Waals surface area contributed by atoms with E-state index in [2.05, 4.69) is 20.2 Å². The lowest BCUT2D eigenvalue weighted by Gasteiger charge is -2.41. The molecule has 4 aromatic rings. The number of aromatic nitrogens is 6. The lowest BCUT2D eigenvalue weighted by Crippen LogP contribution is -2.53. The molecule has 222 valence electrons. The lowest BCUT2D eigenvalue weighted by molar-refractivity contribution is -0.210. The SMILES string of the molecule is Cc1nc([C@@H]2O[C@H](CO)[C@H](O)[C@H](n3cc(-c4ccc(Cl)c(F)c4F)cn3)[C@H]2O)n(-c2cc(Cl)cnc2C(=O)N(C)C)n1. The van der Waals surface area contributed by atoms with Gasteiger partial charge in [0.15, 0.2) is 23.2 Å². The Morgan fingerprint density at radius 3 is 2.57 bits per heavy atom. The zero-order valence-corrected chi connectivity index (χ0v) is 23.9. The molecule has 12 nitrogen and oxygen atoms in total. The number of aliphatic hydroxyl groups excluding tert-OH is 3. The average Bonchev–Trinajstić information content (AvgIpc) is 3.58. The quantitative estimate of drug-likeness (QED) is 0.275. The molecule has 0 unspecified atom stereocenters. The van der Waals surface area contributed by atoms with Crippen LogP contribution in [-0.4, -0.2) is 94.7 Å². The van der Waals surface area contributed by atoms with Gasteiger partial charge in [-0.2, -0.15) is 10.2 Å².